The normalized spacial score (nSPS) is 21.4. The predicted molar refractivity (Wildman–Crippen MR) is 87.3 cm³/mol. The summed E-state index contributed by atoms with van der Waals surface area (Å²) >= 11 is 5.59. The van der Waals surface area contributed by atoms with Crippen LogP contribution in [-0.4, -0.2) is 66.6 Å². The van der Waals surface area contributed by atoms with Crippen LogP contribution in [0.2, 0.25) is 0 Å². The molecule has 0 spiro atoms. The van der Waals surface area contributed by atoms with Crippen LogP contribution in [0.4, 0.5) is 0 Å². The number of nitrogens with one attached hydrogen (secondary N) is 1. The first kappa shape index (κ1) is 16.3. The van der Waals surface area contributed by atoms with Gasteiger partial charge < -0.3 is 15.0 Å². The summed E-state index contributed by atoms with van der Waals surface area (Å²) in [5.74, 6) is 2.12. The highest BCUT2D eigenvalue weighted by Gasteiger charge is 2.29. The first-order valence-corrected chi connectivity index (χ1v) is 8.80. The molecule has 2 atom stereocenters. The molecule has 1 N–H and O–H groups in total. The van der Waals surface area contributed by atoms with Crippen LogP contribution in [0.5, 0.6) is 0 Å². The second kappa shape index (κ2) is 7.79. The van der Waals surface area contributed by atoms with Gasteiger partial charge in [-0.05, 0) is 37.1 Å². The summed E-state index contributed by atoms with van der Waals surface area (Å²) in [6, 6.07) is 0.168. The molecule has 1 aliphatic heterocycles. The van der Waals surface area contributed by atoms with Gasteiger partial charge in [0, 0.05) is 18.1 Å². The number of hydrogen-bond acceptors (Lipinski definition) is 5. The molecule has 7 heteroatoms. The SMILES string of the molecule is CNC(c1c(Br)cnn1CCN(C)C)C1CSCCO1. The fraction of sp³-hybridized carbons (Fsp3) is 0.769. The lowest BCUT2D eigenvalue weighted by Crippen LogP contribution is -2.38. The fourth-order valence-electron chi connectivity index (χ4n) is 2.35. The lowest BCUT2D eigenvalue weighted by Gasteiger charge is -2.30. The number of aromatic nitrogens is 2. The average Bonchev–Trinajstić information content (AvgIpc) is 2.80. The summed E-state index contributed by atoms with van der Waals surface area (Å²) in [7, 11) is 6.15. The molecule has 1 aromatic rings. The molecule has 114 valence electrons. The number of halogens is 1. The summed E-state index contributed by atoms with van der Waals surface area (Å²) in [5, 5.41) is 7.89. The highest BCUT2D eigenvalue weighted by molar-refractivity contribution is 9.10. The molecule has 0 bridgehead atoms. The maximum atomic E-state index is 5.93. The Bertz CT molecular complexity index is 421. The molecule has 1 aliphatic rings. The molecule has 5 nitrogen and oxygen atoms in total. The Labute approximate surface area is 133 Å². The Morgan fingerprint density at radius 3 is 3.05 bits per heavy atom. The zero-order valence-electron chi connectivity index (χ0n) is 12.3. The second-order valence-corrected chi connectivity index (χ2v) is 7.16. The number of likely N-dealkylation sites (N-methyl/N-ethyl adjacent to an activating group) is 2. The van der Waals surface area contributed by atoms with Gasteiger partial charge in [0.1, 0.15) is 0 Å². The molecule has 0 aromatic carbocycles. The van der Waals surface area contributed by atoms with Crippen molar-refractivity contribution >= 4 is 27.7 Å². The predicted octanol–water partition coefficient (Wildman–Crippen LogP) is 1.60. The first-order chi connectivity index (χ1) is 9.63. The van der Waals surface area contributed by atoms with Gasteiger partial charge in [0.25, 0.3) is 0 Å². The Morgan fingerprint density at radius 2 is 2.45 bits per heavy atom. The second-order valence-electron chi connectivity index (χ2n) is 5.15. The van der Waals surface area contributed by atoms with Gasteiger partial charge in [-0.15, -0.1) is 0 Å². The summed E-state index contributed by atoms with van der Waals surface area (Å²) in [4.78, 5) is 2.17. The molecule has 2 heterocycles. The summed E-state index contributed by atoms with van der Waals surface area (Å²) in [5.41, 5.74) is 1.18. The molecule has 1 fully saturated rings. The van der Waals surface area contributed by atoms with Gasteiger partial charge in [0.2, 0.25) is 0 Å². The van der Waals surface area contributed by atoms with Crippen molar-refractivity contribution in [2.24, 2.45) is 0 Å². The van der Waals surface area contributed by atoms with Crippen LogP contribution in [0.3, 0.4) is 0 Å². The lowest BCUT2D eigenvalue weighted by atomic mass is 10.1. The standard InChI is InChI=1S/C13H23BrN4OS/c1-15-12(11-9-20-7-6-19-11)13-10(14)8-16-18(13)5-4-17(2)3/h8,11-12,15H,4-7,9H2,1-3H3. The third-order valence-corrected chi connectivity index (χ3v) is 5.04. The van der Waals surface area contributed by atoms with Gasteiger partial charge in [-0.2, -0.15) is 16.9 Å². The fourth-order valence-corrected chi connectivity index (χ4v) is 3.80. The molecular weight excluding hydrogens is 340 g/mol. The third-order valence-electron chi connectivity index (χ3n) is 3.41. The zero-order chi connectivity index (χ0) is 14.5. The van der Waals surface area contributed by atoms with E-state index in [1.165, 1.54) is 5.69 Å². The topological polar surface area (TPSA) is 42.3 Å². The van der Waals surface area contributed by atoms with Crippen molar-refractivity contribution in [1.29, 1.82) is 0 Å². The van der Waals surface area contributed by atoms with Crippen LogP contribution in [0.1, 0.15) is 11.7 Å². The zero-order valence-corrected chi connectivity index (χ0v) is 14.7. The van der Waals surface area contributed by atoms with E-state index in [2.05, 4.69) is 50.0 Å². The first-order valence-electron chi connectivity index (χ1n) is 6.86. The maximum Gasteiger partial charge on any atom is 0.0875 e. The van der Waals surface area contributed by atoms with Crippen LogP contribution in [0, 0.1) is 0 Å². The van der Waals surface area contributed by atoms with Crippen molar-refractivity contribution in [3.8, 4) is 0 Å². The quantitative estimate of drug-likeness (QED) is 0.832. The number of nitrogens with zero attached hydrogens (tertiary/aromatic N) is 3. The van der Waals surface area contributed by atoms with Crippen molar-refractivity contribution in [3.05, 3.63) is 16.4 Å². The molecule has 0 amide bonds. The van der Waals surface area contributed by atoms with E-state index in [1.54, 1.807) is 0 Å². The van der Waals surface area contributed by atoms with E-state index < -0.39 is 0 Å². The number of thioether (sulfide) groups is 1. The van der Waals surface area contributed by atoms with Crippen molar-refractivity contribution in [3.63, 3.8) is 0 Å². The van der Waals surface area contributed by atoms with Gasteiger partial charge in [-0.3, -0.25) is 4.68 Å². The molecule has 1 aromatic heterocycles. The van der Waals surface area contributed by atoms with E-state index >= 15 is 0 Å². The van der Waals surface area contributed by atoms with Crippen LogP contribution in [0.25, 0.3) is 0 Å². The Morgan fingerprint density at radius 1 is 1.65 bits per heavy atom. The third kappa shape index (κ3) is 3.98. The van der Waals surface area contributed by atoms with Crippen LogP contribution in [0.15, 0.2) is 10.7 Å². The molecule has 1 saturated heterocycles. The summed E-state index contributed by atoms with van der Waals surface area (Å²) < 4.78 is 9.06. The van der Waals surface area contributed by atoms with E-state index in [9.17, 15) is 0 Å². The molecule has 2 rings (SSSR count). The van der Waals surface area contributed by atoms with Gasteiger partial charge >= 0.3 is 0 Å². The Kier molecular flexibility index (Phi) is 6.35. The van der Waals surface area contributed by atoms with Gasteiger partial charge in [-0.1, -0.05) is 0 Å². The lowest BCUT2D eigenvalue weighted by molar-refractivity contribution is 0.0462. The highest BCUT2D eigenvalue weighted by Crippen LogP contribution is 2.30. The molecule has 0 saturated carbocycles. The average molecular weight is 363 g/mol. The molecular formula is C13H23BrN4OS. The summed E-state index contributed by atoms with van der Waals surface area (Å²) in [6.07, 6.45) is 2.08. The number of ether oxygens (including phenoxy) is 1. The largest absolute Gasteiger partial charge is 0.374 e. The van der Waals surface area contributed by atoms with E-state index in [-0.39, 0.29) is 12.1 Å². The van der Waals surface area contributed by atoms with Crippen molar-refractivity contribution in [2.45, 2.75) is 18.7 Å². The molecule has 0 aliphatic carbocycles. The molecule has 0 radical (unpaired) electrons. The van der Waals surface area contributed by atoms with E-state index in [1.807, 2.05) is 25.0 Å². The van der Waals surface area contributed by atoms with Gasteiger partial charge in [0.15, 0.2) is 0 Å². The van der Waals surface area contributed by atoms with Crippen molar-refractivity contribution in [1.82, 2.24) is 20.0 Å². The Hall–Kier alpha value is -0.0800. The maximum absolute atomic E-state index is 5.93. The summed E-state index contributed by atoms with van der Waals surface area (Å²) in [6.45, 7) is 2.68. The van der Waals surface area contributed by atoms with Crippen molar-refractivity contribution in [2.75, 3.05) is 45.8 Å². The Balaban J connectivity index is 2.17. The van der Waals surface area contributed by atoms with Crippen LogP contribution in [-0.2, 0) is 11.3 Å². The van der Waals surface area contributed by atoms with Gasteiger partial charge in [0.05, 0.1) is 41.7 Å². The van der Waals surface area contributed by atoms with E-state index in [4.69, 9.17) is 4.74 Å². The van der Waals surface area contributed by atoms with Crippen molar-refractivity contribution < 1.29 is 4.74 Å². The minimum Gasteiger partial charge on any atom is -0.374 e. The minimum atomic E-state index is 0.168. The minimum absolute atomic E-state index is 0.168. The smallest absolute Gasteiger partial charge is 0.0875 e. The number of rotatable bonds is 6. The van der Waals surface area contributed by atoms with Crippen LogP contribution < -0.4 is 5.32 Å². The van der Waals surface area contributed by atoms with Crippen LogP contribution >= 0.6 is 27.7 Å². The van der Waals surface area contributed by atoms with Gasteiger partial charge in [-0.25, -0.2) is 0 Å². The molecule has 20 heavy (non-hydrogen) atoms. The van der Waals surface area contributed by atoms with E-state index in [0.717, 1.165) is 35.7 Å². The monoisotopic (exact) mass is 362 g/mol. The van der Waals surface area contributed by atoms with E-state index in [0.29, 0.717) is 0 Å². The molecule has 2 unspecified atom stereocenters. The number of hydrogen-bond donors (Lipinski definition) is 1. The highest BCUT2D eigenvalue weighted by atomic mass is 79.9.